The number of hydrogen-bond donors (Lipinski definition) is 1. The van der Waals surface area contributed by atoms with Crippen molar-refractivity contribution in [3.8, 4) is 5.75 Å². The van der Waals surface area contributed by atoms with Gasteiger partial charge in [0, 0.05) is 5.56 Å². The molecule has 0 aliphatic carbocycles. The summed E-state index contributed by atoms with van der Waals surface area (Å²) in [4.78, 5) is 10.8. The Hall–Kier alpha value is -2.04. The van der Waals surface area contributed by atoms with Gasteiger partial charge in [0.25, 0.3) is 6.20 Å². The van der Waals surface area contributed by atoms with Crippen LogP contribution in [0.1, 0.15) is 5.56 Å². The molecule has 0 saturated heterocycles. The summed E-state index contributed by atoms with van der Waals surface area (Å²) in [5, 5.41) is 2.48. The second-order valence-electron chi connectivity index (χ2n) is 3.12. The van der Waals surface area contributed by atoms with Gasteiger partial charge in [-0.05, 0) is 17.4 Å². The minimum atomic E-state index is -0.391. The molecule has 78 valence electrons. The molecule has 0 spiro atoms. The van der Waals surface area contributed by atoms with Crippen molar-refractivity contribution in [2.75, 3.05) is 7.11 Å². The van der Waals surface area contributed by atoms with E-state index in [2.05, 4.69) is 9.79 Å². The van der Waals surface area contributed by atoms with Crippen LogP contribution < -0.4 is 15.0 Å². The number of nitrogens with one attached hydrogen (secondary N) is 1. The average molecular weight is 207 g/mol. The van der Waals surface area contributed by atoms with E-state index in [0.29, 0.717) is 6.54 Å². The molecular formula is C10H11N2O3+. The molecule has 1 aromatic heterocycles. The van der Waals surface area contributed by atoms with Gasteiger partial charge in [0.2, 0.25) is 6.54 Å². The fourth-order valence-corrected chi connectivity index (χ4v) is 1.33. The summed E-state index contributed by atoms with van der Waals surface area (Å²) in [6, 6.07) is 7.61. The van der Waals surface area contributed by atoms with Crippen LogP contribution >= 0.6 is 0 Å². The van der Waals surface area contributed by atoms with Gasteiger partial charge < -0.3 is 4.74 Å². The van der Waals surface area contributed by atoms with Gasteiger partial charge in [-0.1, -0.05) is 16.8 Å². The normalized spacial score (nSPS) is 10.2. The van der Waals surface area contributed by atoms with Crippen LogP contribution in [0.4, 0.5) is 0 Å². The summed E-state index contributed by atoms with van der Waals surface area (Å²) in [5.74, 6) is 0.791. The zero-order valence-corrected chi connectivity index (χ0v) is 8.27. The Morgan fingerprint density at radius 2 is 2.40 bits per heavy atom. The molecular weight excluding hydrogens is 196 g/mol. The SMILES string of the molecule is COc1cccc(C[n+]2cc(=O)o[nH]2)c1. The molecule has 0 aliphatic heterocycles. The van der Waals surface area contributed by atoms with Crippen molar-refractivity contribution in [2.24, 2.45) is 0 Å². The zero-order chi connectivity index (χ0) is 10.7. The lowest BCUT2D eigenvalue weighted by atomic mass is 10.2. The first-order valence-corrected chi connectivity index (χ1v) is 4.49. The van der Waals surface area contributed by atoms with Crippen LogP contribution in [0, 0.1) is 0 Å². The van der Waals surface area contributed by atoms with E-state index in [4.69, 9.17) is 4.74 Å². The molecule has 1 aromatic carbocycles. The third-order valence-electron chi connectivity index (χ3n) is 2.01. The van der Waals surface area contributed by atoms with Crippen molar-refractivity contribution in [1.82, 2.24) is 5.27 Å². The molecule has 0 unspecified atom stereocenters. The molecule has 15 heavy (non-hydrogen) atoms. The standard InChI is InChI=1S/C10H10N2O3/c1-14-9-4-2-3-8(5-9)6-12-7-10(13)15-11-12/h2-5,7H,6H2,1H3/p+1. The van der Waals surface area contributed by atoms with Crippen LogP contribution in [0.2, 0.25) is 0 Å². The molecule has 0 saturated carbocycles. The van der Waals surface area contributed by atoms with E-state index in [1.54, 1.807) is 11.8 Å². The Kier molecular flexibility index (Phi) is 2.53. The van der Waals surface area contributed by atoms with E-state index in [9.17, 15) is 4.79 Å². The lowest BCUT2D eigenvalue weighted by Crippen LogP contribution is -2.35. The Bertz CT molecular complexity index is 501. The number of aromatic nitrogens is 2. The zero-order valence-electron chi connectivity index (χ0n) is 8.27. The molecule has 1 heterocycles. The Morgan fingerprint density at radius 3 is 3.07 bits per heavy atom. The second-order valence-corrected chi connectivity index (χ2v) is 3.12. The number of rotatable bonds is 3. The molecule has 1 N–H and O–H groups in total. The first kappa shape index (κ1) is 9.51. The predicted molar refractivity (Wildman–Crippen MR) is 51.6 cm³/mol. The van der Waals surface area contributed by atoms with Crippen LogP contribution in [-0.2, 0) is 6.54 Å². The fourth-order valence-electron chi connectivity index (χ4n) is 1.33. The maximum Gasteiger partial charge on any atom is 0.426 e. The Labute approximate surface area is 85.9 Å². The van der Waals surface area contributed by atoms with E-state index in [1.807, 2.05) is 24.3 Å². The third kappa shape index (κ3) is 2.25. The Morgan fingerprint density at radius 1 is 1.53 bits per heavy atom. The molecule has 2 aromatic rings. The van der Waals surface area contributed by atoms with E-state index in [0.717, 1.165) is 11.3 Å². The van der Waals surface area contributed by atoms with Crippen molar-refractivity contribution in [3.63, 3.8) is 0 Å². The molecule has 0 bridgehead atoms. The van der Waals surface area contributed by atoms with Crippen LogP contribution in [0.3, 0.4) is 0 Å². The summed E-state index contributed by atoms with van der Waals surface area (Å²) in [6.07, 6.45) is 1.36. The third-order valence-corrected chi connectivity index (χ3v) is 2.01. The monoisotopic (exact) mass is 207 g/mol. The summed E-state index contributed by atoms with van der Waals surface area (Å²) in [5.41, 5.74) is 0.634. The number of ether oxygens (including phenoxy) is 1. The maximum absolute atomic E-state index is 10.8. The highest BCUT2D eigenvalue weighted by Crippen LogP contribution is 2.11. The van der Waals surface area contributed by atoms with E-state index < -0.39 is 5.63 Å². The maximum atomic E-state index is 10.8. The Balaban J connectivity index is 2.20. The highest BCUT2D eigenvalue weighted by atomic mass is 16.5. The van der Waals surface area contributed by atoms with Crippen molar-refractivity contribution in [2.45, 2.75) is 6.54 Å². The lowest BCUT2D eigenvalue weighted by molar-refractivity contribution is -0.754. The lowest BCUT2D eigenvalue weighted by Gasteiger charge is -1.99. The van der Waals surface area contributed by atoms with Gasteiger partial charge >= 0.3 is 5.63 Å². The van der Waals surface area contributed by atoms with Gasteiger partial charge in [-0.3, -0.25) is 4.52 Å². The highest BCUT2D eigenvalue weighted by molar-refractivity contribution is 5.27. The summed E-state index contributed by atoms with van der Waals surface area (Å²) >= 11 is 0. The topological polar surface area (TPSA) is 59.1 Å². The van der Waals surface area contributed by atoms with Gasteiger partial charge in [0.15, 0.2) is 0 Å². The van der Waals surface area contributed by atoms with Gasteiger partial charge in [-0.25, -0.2) is 4.79 Å². The number of H-pyrrole nitrogens is 1. The summed E-state index contributed by atoms with van der Waals surface area (Å²) in [7, 11) is 1.62. The molecule has 5 heteroatoms. The minimum Gasteiger partial charge on any atom is -0.497 e. The highest BCUT2D eigenvalue weighted by Gasteiger charge is 2.07. The number of methoxy groups -OCH3 is 1. The number of nitrogens with zero attached hydrogens (tertiary/aromatic N) is 1. The number of aromatic amines is 1. The number of benzene rings is 1. The quantitative estimate of drug-likeness (QED) is 0.737. The van der Waals surface area contributed by atoms with E-state index >= 15 is 0 Å². The van der Waals surface area contributed by atoms with Crippen LogP contribution in [-0.4, -0.2) is 12.4 Å². The number of hydrogen-bond acceptors (Lipinski definition) is 3. The summed E-state index contributed by atoms with van der Waals surface area (Å²) in [6.45, 7) is 0.545. The van der Waals surface area contributed by atoms with E-state index in [-0.39, 0.29) is 0 Å². The van der Waals surface area contributed by atoms with Crippen LogP contribution in [0.25, 0.3) is 0 Å². The van der Waals surface area contributed by atoms with Gasteiger partial charge in [-0.2, -0.15) is 0 Å². The molecule has 0 aliphatic rings. The largest absolute Gasteiger partial charge is 0.497 e. The minimum absolute atomic E-state index is 0.391. The molecule has 2 rings (SSSR count). The van der Waals surface area contributed by atoms with Gasteiger partial charge in [0.05, 0.1) is 7.11 Å². The first-order chi connectivity index (χ1) is 7.28. The summed E-state index contributed by atoms with van der Waals surface area (Å²) < 4.78 is 11.2. The fraction of sp³-hybridized carbons (Fsp3) is 0.200. The average Bonchev–Trinajstić information content (AvgIpc) is 2.64. The first-order valence-electron chi connectivity index (χ1n) is 4.49. The second kappa shape index (κ2) is 4.00. The van der Waals surface area contributed by atoms with Gasteiger partial charge in [0.1, 0.15) is 5.75 Å². The predicted octanol–water partition coefficient (Wildman–Crippen LogP) is 0.312. The molecule has 5 nitrogen and oxygen atoms in total. The van der Waals surface area contributed by atoms with Crippen LogP contribution in [0.5, 0.6) is 5.75 Å². The smallest absolute Gasteiger partial charge is 0.426 e. The van der Waals surface area contributed by atoms with Crippen molar-refractivity contribution < 1.29 is 13.9 Å². The van der Waals surface area contributed by atoms with Crippen LogP contribution in [0.15, 0.2) is 39.8 Å². The van der Waals surface area contributed by atoms with E-state index in [1.165, 1.54) is 6.20 Å². The molecule has 0 atom stereocenters. The molecule has 0 fully saturated rings. The van der Waals surface area contributed by atoms with Crippen molar-refractivity contribution in [1.29, 1.82) is 0 Å². The van der Waals surface area contributed by atoms with Gasteiger partial charge in [-0.15, -0.1) is 0 Å². The van der Waals surface area contributed by atoms with Crippen molar-refractivity contribution in [3.05, 3.63) is 46.4 Å². The molecule has 0 amide bonds. The molecule has 0 radical (unpaired) electrons. The van der Waals surface area contributed by atoms with Crippen molar-refractivity contribution >= 4 is 0 Å².